The Kier molecular flexibility index (Phi) is 5.39. The molecule has 8 heteroatoms. The third-order valence-corrected chi connectivity index (χ3v) is 6.18. The molecule has 1 aliphatic carbocycles. The molecule has 8 nitrogen and oxygen atoms in total. The second-order valence-electron chi connectivity index (χ2n) is 7.95. The molecule has 2 fully saturated rings. The lowest BCUT2D eigenvalue weighted by Gasteiger charge is -2.47. The van der Waals surface area contributed by atoms with Gasteiger partial charge in [0.15, 0.2) is 5.82 Å². The summed E-state index contributed by atoms with van der Waals surface area (Å²) in [5.74, 6) is 0.670. The van der Waals surface area contributed by atoms with Gasteiger partial charge in [0.05, 0.1) is 18.8 Å². The molecule has 4 rings (SSSR count). The highest BCUT2D eigenvalue weighted by atomic mass is 16.5. The summed E-state index contributed by atoms with van der Waals surface area (Å²) in [6.45, 7) is 2.04. The maximum Gasteiger partial charge on any atom is 0.317 e. The first kappa shape index (κ1) is 19.0. The summed E-state index contributed by atoms with van der Waals surface area (Å²) in [5.41, 5.74) is 0.176. The summed E-state index contributed by atoms with van der Waals surface area (Å²) in [6, 6.07) is 4.13. The molecule has 28 heavy (non-hydrogen) atoms. The van der Waals surface area contributed by atoms with Gasteiger partial charge in [-0.3, -0.25) is 9.69 Å². The highest BCUT2D eigenvalue weighted by Crippen LogP contribution is 2.38. The maximum atomic E-state index is 13.4. The normalized spacial score (nSPS) is 21.5. The Morgan fingerprint density at radius 1 is 1.36 bits per heavy atom. The van der Waals surface area contributed by atoms with E-state index in [0.717, 1.165) is 18.5 Å². The van der Waals surface area contributed by atoms with Gasteiger partial charge in [0, 0.05) is 32.4 Å². The van der Waals surface area contributed by atoms with Crippen LogP contribution in [0.2, 0.25) is 0 Å². The average Bonchev–Trinajstić information content (AvgIpc) is 3.22. The number of fused-ring (bicyclic) bond motifs is 1. The number of nitrogens with zero attached hydrogens (tertiary/aromatic N) is 3. The van der Waals surface area contributed by atoms with Crippen LogP contribution in [0.5, 0.6) is 0 Å². The fraction of sp³-hybridized carbons (Fsp3) is 0.650. The first-order valence-electron chi connectivity index (χ1n) is 10.2. The van der Waals surface area contributed by atoms with Crippen molar-refractivity contribution >= 4 is 23.4 Å². The first-order chi connectivity index (χ1) is 13.6. The predicted octanol–water partition coefficient (Wildman–Crippen LogP) is 1.97. The molecule has 152 valence electrons. The van der Waals surface area contributed by atoms with Gasteiger partial charge in [-0.15, -0.1) is 0 Å². The standard InChI is InChI=1S/C20H29N5O3/c1-28-14-13-25-17-16(7-4-10-21-17)23-20(18(25)26)8-11-24(12-9-20)19(27)22-15-5-2-3-6-15/h4,7,10,15,23H,2-3,5-6,8-9,11-14H2,1H3,(H,22,27). The van der Waals surface area contributed by atoms with Gasteiger partial charge in [0.25, 0.3) is 5.91 Å². The molecule has 0 bridgehead atoms. The molecule has 1 aromatic heterocycles. The van der Waals surface area contributed by atoms with Crippen LogP contribution in [0.3, 0.4) is 0 Å². The number of hydrogen-bond donors (Lipinski definition) is 2. The predicted molar refractivity (Wildman–Crippen MR) is 106 cm³/mol. The van der Waals surface area contributed by atoms with Crippen molar-refractivity contribution < 1.29 is 14.3 Å². The van der Waals surface area contributed by atoms with Crippen molar-refractivity contribution in [2.75, 3.05) is 43.6 Å². The summed E-state index contributed by atoms with van der Waals surface area (Å²) in [7, 11) is 1.63. The van der Waals surface area contributed by atoms with Gasteiger partial charge in [0.1, 0.15) is 5.54 Å². The molecule has 1 saturated heterocycles. The summed E-state index contributed by atoms with van der Waals surface area (Å²) < 4.78 is 5.19. The Morgan fingerprint density at radius 3 is 2.82 bits per heavy atom. The van der Waals surface area contributed by atoms with Gasteiger partial charge >= 0.3 is 6.03 Å². The van der Waals surface area contributed by atoms with E-state index in [-0.39, 0.29) is 11.9 Å². The van der Waals surface area contributed by atoms with Crippen molar-refractivity contribution in [3.63, 3.8) is 0 Å². The van der Waals surface area contributed by atoms with Crippen molar-refractivity contribution in [3.05, 3.63) is 18.3 Å². The van der Waals surface area contributed by atoms with Crippen LogP contribution in [0.4, 0.5) is 16.3 Å². The van der Waals surface area contributed by atoms with Crippen LogP contribution in [-0.2, 0) is 9.53 Å². The number of methoxy groups -OCH3 is 1. The summed E-state index contributed by atoms with van der Waals surface area (Å²) in [5, 5.41) is 6.60. The SMILES string of the molecule is COCCN1C(=O)C2(CCN(C(=O)NC3CCCC3)CC2)Nc2cccnc21. The fourth-order valence-corrected chi connectivity index (χ4v) is 4.53. The van der Waals surface area contributed by atoms with E-state index < -0.39 is 5.54 Å². The molecule has 0 atom stereocenters. The monoisotopic (exact) mass is 387 g/mol. The third kappa shape index (κ3) is 3.53. The van der Waals surface area contributed by atoms with Crippen molar-refractivity contribution in [1.82, 2.24) is 15.2 Å². The van der Waals surface area contributed by atoms with Crippen LogP contribution >= 0.6 is 0 Å². The minimum absolute atomic E-state index is 0.00307. The van der Waals surface area contributed by atoms with Crippen LogP contribution < -0.4 is 15.5 Å². The lowest BCUT2D eigenvalue weighted by Crippen LogP contribution is -2.63. The number of carbonyl (C=O) groups is 2. The quantitative estimate of drug-likeness (QED) is 0.825. The molecule has 3 heterocycles. The largest absolute Gasteiger partial charge is 0.383 e. The number of piperidine rings is 1. The Labute approximate surface area is 165 Å². The van der Waals surface area contributed by atoms with Gasteiger partial charge in [-0.2, -0.15) is 0 Å². The Balaban J connectivity index is 1.46. The van der Waals surface area contributed by atoms with E-state index in [0.29, 0.717) is 50.9 Å². The molecule has 0 radical (unpaired) electrons. The minimum Gasteiger partial charge on any atom is -0.383 e. The van der Waals surface area contributed by atoms with Crippen LogP contribution in [0.1, 0.15) is 38.5 Å². The summed E-state index contributed by atoms with van der Waals surface area (Å²) >= 11 is 0. The molecule has 3 aliphatic rings. The molecule has 1 spiro atoms. The van der Waals surface area contributed by atoms with Crippen molar-refractivity contribution in [1.29, 1.82) is 0 Å². The topological polar surface area (TPSA) is 86.8 Å². The smallest absolute Gasteiger partial charge is 0.317 e. The minimum atomic E-state index is -0.687. The zero-order chi connectivity index (χ0) is 19.6. The lowest BCUT2D eigenvalue weighted by molar-refractivity contribution is -0.124. The number of hydrogen-bond acceptors (Lipinski definition) is 5. The van der Waals surface area contributed by atoms with Crippen molar-refractivity contribution in [3.8, 4) is 0 Å². The number of pyridine rings is 1. The van der Waals surface area contributed by atoms with Crippen molar-refractivity contribution in [2.45, 2.75) is 50.1 Å². The average molecular weight is 387 g/mol. The van der Waals surface area contributed by atoms with Crippen LogP contribution in [-0.4, -0.2) is 66.8 Å². The van der Waals surface area contributed by atoms with Gasteiger partial charge in [-0.05, 0) is 37.8 Å². The highest BCUT2D eigenvalue weighted by molar-refractivity contribution is 6.07. The van der Waals surface area contributed by atoms with E-state index in [1.807, 2.05) is 17.0 Å². The van der Waals surface area contributed by atoms with Gasteiger partial charge in [-0.25, -0.2) is 9.78 Å². The Bertz CT molecular complexity index is 726. The number of rotatable bonds is 4. The molecule has 2 N–H and O–H groups in total. The van der Waals surface area contributed by atoms with E-state index in [9.17, 15) is 9.59 Å². The number of ether oxygens (including phenoxy) is 1. The van der Waals surface area contributed by atoms with Gasteiger partial charge in [0.2, 0.25) is 0 Å². The zero-order valence-electron chi connectivity index (χ0n) is 16.4. The second-order valence-corrected chi connectivity index (χ2v) is 7.95. The highest BCUT2D eigenvalue weighted by Gasteiger charge is 2.48. The first-order valence-corrected chi connectivity index (χ1v) is 10.2. The summed E-state index contributed by atoms with van der Waals surface area (Å²) in [4.78, 5) is 33.9. The maximum absolute atomic E-state index is 13.4. The molecule has 3 amide bonds. The number of likely N-dealkylation sites (tertiary alicyclic amines) is 1. The van der Waals surface area contributed by atoms with E-state index in [1.54, 1.807) is 18.2 Å². The summed E-state index contributed by atoms with van der Waals surface area (Å²) in [6.07, 6.45) is 7.39. The van der Waals surface area contributed by atoms with Crippen molar-refractivity contribution in [2.24, 2.45) is 0 Å². The van der Waals surface area contributed by atoms with Gasteiger partial charge < -0.3 is 20.3 Å². The molecule has 0 unspecified atom stereocenters. The Hall–Kier alpha value is -2.35. The van der Waals surface area contributed by atoms with Crippen LogP contribution in [0.15, 0.2) is 18.3 Å². The lowest BCUT2D eigenvalue weighted by atomic mass is 9.84. The molecule has 0 aromatic carbocycles. The number of aromatic nitrogens is 1. The van der Waals surface area contributed by atoms with E-state index in [2.05, 4.69) is 15.6 Å². The van der Waals surface area contributed by atoms with Crippen LogP contribution in [0.25, 0.3) is 0 Å². The molecule has 2 aliphatic heterocycles. The Morgan fingerprint density at radius 2 is 2.11 bits per heavy atom. The fourth-order valence-electron chi connectivity index (χ4n) is 4.53. The number of urea groups is 1. The molecule has 1 aromatic rings. The molecule has 1 saturated carbocycles. The molecular formula is C20H29N5O3. The van der Waals surface area contributed by atoms with E-state index in [4.69, 9.17) is 4.74 Å². The number of amides is 3. The number of carbonyl (C=O) groups excluding carboxylic acids is 2. The van der Waals surface area contributed by atoms with E-state index >= 15 is 0 Å². The molecular weight excluding hydrogens is 358 g/mol. The second kappa shape index (κ2) is 7.95. The number of anilines is 2. The zero-order valence-corrected chi connectivity index (χ0v) is 16.4. The van der Waals surface area contributed by atoms with E-state index in [1.165, 1.54) is 12.8 Å². The van der Waals surface area contributed by atoms with Crippen LogP contribution in [0, 0.1) is 0 Å². The number of nitrogens with one attached hydrogen (secondary N) is 2. The third-order valence-electron chi connectivity index (χ3n) is 6.18. The van der Waals surface area contributed by atoms with Gasteiger partial charge in [-0.1, -0.05) is 12.8 Å².